The predicted octanol–water partition coefficient (Wildman–Crippen LogP) is 0.737. The summed E-state index contributed by atoms with van der Waals surface area (Å²) in [5.41, 5.74) is 1.02. The largest absolute Gasteiger partial charge is 0.316 e. The molecular weight excluding hydrogens is 188 g/mol. The van der Waals surface area contributed by atoms with Crippen LogP contribution in [0.1, 0.15) is 25.1 Å². The van der Waals surface area contributed by atoms with Gasteiger partial charge in [-0.25, -0.2) is 0 Å². The average molecular weight is 206 g/mol. The fraction of sp³-hybridized carbons (Fsp3) is 0.636. The Morgan fingerprint density at radius 1 is 1.60 bits per heavy atom. The van der Waals surface area contributed by atoms with E-state index >= 15 is 0 Å². The summed E-state index contributed by atoms with van der Waals surface area (Å²) in [5, 5.41) is 6.87. The number of hydrogen-bond donors (Lipinski definition) is 2. The number of nitrogens with one attached hydrogen (secondary N) is 2. The van der Waals surface area contributed by atoms with E-state index in [1.807, 2.05) is 6.20 Å². The molecule has 2 N–H and O–H groups in total. The minimum Gasteiger partial charge on any atom is -0.316 e. The normalized spacial score (nSPS) is 22.9. The topological polar surface area (TPSA) is 49.8 Å². The second-order valence-corrected chi connectivity index (χ2v) is 4.12. The zero-order chi connectivity index (χ0) is 10.5. The third-order valence-electron chi connectivity index (χ3n) is 2.90. The number of rotatable bonds is 4. The maximum atomic E-state index is 4.28. The van der Waals surface area contributed by atoms with Crippen molar-refractivity contribution in [3.05, 3.63) is 24.3 Å². The van der Waals surface area contributed by atoms with Crippen molar-refractivity contribution in [2.24, 2.45) is 5.92 Å². The Morgan fingerprint density at radius 3 is 3.20 bits per heavy atom. The molecule has 82 valence electrons. The van der Waals surface area contributed by atoms with Crippen LogP contribution in [0.4, 0.5) is 0 Å². The average Bonchev–Trinajstić information content (AvgIpc) is 2.80. The molecule has 4 nitrogen and oxygen atoms in total. The van der Waals surface area contributed by atoms with Gasteiger partial charge in [-0.1, -0.05) is 0 Å². The van der Waals surface area contributed by atoms with E-state index in [2.05, 4.69) is 27.5 Å². The highest BCUT2D eigenvalue weighted by atomic mass is 15.0. The van der Waals surface area contributed by atoms with Crippen molar-refractivity contribution in [2.75, 3.05) is 19.6 Å². The number of hydrogen-bond acceptors (Lipinski definition) is 4. The lowest BCUT2D eigenvalue weighted by Crippen LogP contribution is -2.27. The lowest BCUT2D eigenvalue weighted by atomic mass is 10.1. The fourth-order valence-corrected chi connectivity index (χ4v) is 1.87. The minimum absolute atomic E-state index is 0.291. The number of nitrogens with zero attached hydrogens (tertiary/aromatic N) is 2. The van der Waals surface area contributed by atoms with Gasteiger partial charge in [0.25, 0.3) is 0 Å². The molecule has 1 fully saturated rings. The maximum Gasteiger partial charge on any atom is 0.0753 e. The molecule has 1 aromatic heterocycles. The predicted molar refractivity (Wildman–Crippen MR) is 59.4 cm³/mol. The second-order valence-electron chi connectivity index (χ2n) is 4.12. The van der Waals surface area contributed by atoms with Gasteiger partial charge < -0.3 is 10.6 Å². The first kappa shape index (κ1) is 10.5. The summed E-state index contributed by atoms with van der Waals surface area (Å²) in [6.45, 7) is 5.49. The van der Waals surface area contributed by atoms with Gasteiger partial charge in [0.05, 0.1) is 5.69 Å². The zero-order valence-corrected chi connectivity index (χ0v) is 9.11. The van der Waals surface area contributed by atoms with Gasteiger partial charge in [0, 0.05) is 24.6 Å². The van der Waals surface area contributed by atoms with Crippen molar-refractivity contribution in [1.29, 1.82) is 0 Å². The molecule has 0 bridgehead atoms. The Balaban J connectivity index is 1.79. The Kier molecular flexibility index (Phi) is 3.64. The van der Waals surface area contributed by atoms with E-state index < -0.39 is 0 Å². The van der Waals surface area contributed by atoms with Gasteiger partial charge in [-0.2, -0.15) is 0 Å². The summed E-state index contributed by atoms with van der Waals surface area (Å²) >= 11 is 0. The van der Waals surface area contributed by atoms with Gasteiger partial charge >= 0.3 is 0 Å². The summed E-state index contributed by atoms with van der Waals surface area (Å²) in [6.07, 6.45) is 6.55. The van der Waals surface area contributed by atoms with Crippen LogP contribution in [0.5, 0.6) is 0 Å². The molecule has 0 amide bonds. The van der Waals surface area contributed by atoms with Crippen molar-refractivity contribution in [3.8, 4) is 0 Å². The van der Waals surface area contributed by atoms with E-state index in [0.29, 0.717) is 6.04 Å². The lowest BCUT2D eigenvalue weighted by molar-refractivity contribution is 0.464. The molecule has 2 rings (SSSR count). The van der Waals surface area contributed by atoms with Crippen LogP contribution in [0.3, 0.4) is 0 Å². The minimum atomic E-state index is 0.291. The monoisotopic (exact) mass is 206 g/mol. The highest BCUT2D eigenvalue weighted by Crippen LogP contribution is 2.10. The highest BCUT2D eigenvalue weighted by molar-refractivity contribution is 5.00. The number of aromatic nitrogens is 2. The molecule has 15 heavy (non-hydrogen) atoms. The summed E-state index contributed by atoms with van der Waals surface area (Å²) in [6, 6.07) is 0.291. The van der Waals surface area contributed by atoms with E-state index in [9.17, 15) is 0 Å². The van der Waals surface area contributed by atoms with Crippen LogP contribution >= 0.6 is 0 Å². The van der Waals surface area contributed by atoms with E-state index in [1.54, 1.807) is 12.4 Å². The summed E-state index contributed by atoms with van der Waals surface area (Å²) in [5.74, 6) is 0.768. The van der Waals surface area contributed by atoms with E-state index in [-0.39, 0.29) is 0 Å². The van der Waals surface area contributed by atoms with Crippen LogP contribution < -0.4 is 10.6 Å². The molecule has 1 saturated heterocycles. The molecule has 1 aromatic rings. The van der Waals surface area contributed by atoms with Gasteiger partial charge in [-0.05, 0) is 38.9 Å². The molecule has 0 spiro atoms. The molecule has 0 unspecified atom stereocenters. The van der Waals surface area contributed by atoms with Gasteiger partial charge in [-0.15, -0.1) is 0 Å². The molecule has 0 aromatic carbocycles. The zero-order valence-electron chi connectivity index (χ0n) is 9.11. The standard InChI is InChI=1S/C11H18N4/c1-9(11-8-13-4-5-14-11)15-7-10-2-3-12-6-10/h4-5,8-10,12,15H,2-3,6-7H2,1H3/t9-,10-/m1/s1. The van der Waals surface area contributed by atoms with Gasteiger partial charge in [-0.3, -0.25) is 9.97 Å². The summed E-state index contributed by atoms with van der Waals surface area (Å²) < 4.78 is 0. The van der Waals surface area contributed by atoms with Crippen molar-refractivity contribution >= 4 is 0 Å². The molecule has 1 aliphatic rings. The molecule has 4 heteroatoms. The van der Waals surface area contributed by atoms with Crippen LogP contribution in [0.25, 0.3) is 0 Å². The van der Waals surface area contributed by atoms with Crippen molar-refractivity contribution in [2.45, 2.75) is 19.4 Å². The first-order valence-corrected chi connectivity index (χ1v) is 5.56. The quantitative estimate of drug-likeness (QED) is 0.763. The van der Waals surface area contributed by atoms with E-state index in [1.165, 1.54) is 6.42 Å². The van der Waals surface area contributed by atoms with Crippen molar-refractivity contribution < 1.29 is 0 Å². The van der Waals surface area contributed by atoms with Crippen molar-refractivity contribution in [3.63, 3.8) is 0 Å². The Morgan fingerprint density at radius 2 is 2.53 bits per heavy atom. The van der Waals surface area contributed by atoms with Crippen molar-refractivity contribution in [1.82, 2.24) is 20.6 Å². The third kappa shape index (κ3) is 2.97. The van der Waals surface area contributed by atoms with Crippen LogP contribution in [0.15, 0.2) is 18.6 Å². The van der Waals surface area contributed by atoms with Gasteiger partial charge in [0.1, 0.15) is 0 Å². The van der Waals surface area contributed by atoms with E-state index in [4.69, 9.17) is 0 Å². The maximum absolute atomic E-state index is 4.28. The molecule has 0 radical (unpaired) electrons. The fourth-order valence-electron chi connectivity index (χ4n) is 1.87. The third-order valence-corrected chi connectivity index (χ3v) is 2.90. The van der Waals surface area contributed by atoms with Gasteiger partial charge in [0.2, 0.25) is 0 Å². The smallest absolute Gasteiger partial charge is 0.0753 e. The van der Waals surface area contributed by atoms with Gasteiger partial charge in [0.15, 0.2) is 0 Å². The molecule has 2 atom stereocenters. The molecule has 2 heterocycles. The SMILES string of the molecule is C[C@@H](NC[C@@H]1CCNC1)c1cnccn1. The second kappa shape index (κ2) is 5.19. The first-order valence-electron chi connectivity index (χ1n) is 5.56. The lowest BCUT2D eigenvalue weighted by Gasteiger charge is -2.15. The Bertz CT molecular complexity index is 282. The molecule has 0 saturated carbocycles. The first-order chi connectivity index (χ1) is 7.36. The van der Waals surface area contributed by atoms with Crippen LogP contribution in [0, 0.1) is 5.92 Å². The molecular formula is C11H18N4. The van der Waals surface area contributed by atoms with Crippen LogP contribution in [0.2, 0.25) is 0 Å². The Labute approximate surface area is 90.5 Å². The van der Waals surface area contributed by atoms with Crippen LogP contribution in [-0.2, 0) is 0 Å². The van der Waals surface area contributed by atoms with Crippen LogP contribution in [-0.4, -0.2) is 29.6 Å². The summed E-state index contributed by atoms with van der Waals surface area (Å²) in [7, 11) is 0. The molecule has 0 aliphatic carbocycles. The molecule has 1 aliphatic heterocycles. The Hall–Kier alpha value is -1.00. The van der Waals surface area contributed by atoms with E-state index in [0.717, 1.165) is 31.2 Å². The highest BCUT2D eigenvalue weighted by Gasteiger charge is 2.15. The summed E-state index contributed by atoms with van der Waals surface area (Å²) in [4.78, 5) is 8.35.